The summed E-state index contributed by atoms with van der Waals surface area (Å²) >= 11 is 0. The molecule has 1 fully saturated rings. The molecule has 1 aliphatic heterocycles. The van der Waals surface area contributed by atoms with Gasteiger partial charge in [0.15, 0.2) is 5.69 Å². The lowest BCUT2D eigenvalue weighted by atomic mass is 9.98. The fourth-order valence-electron chi connectivity index (χ4n) is 1.80. The molecule has 2 unspecified atom stereocenters. The first-order valence-corrected chi connectivity index (χ1v) is 5.56. The van der Waals surface area contributed by atoms with Gasteiger partial charge in [-0.2, -0.15) is 0 Å². The lowest BCUT2D eigenvalue weighted by Crippen LogP contribution is -2.36. The highest BCUT2D eigenvalue weighted by atomic mass is 16.5. The number of hydrogen-bond acceptors (Lipinski definition) is 5. The maximum Gasteiger partial charge on any atom is 0.356 e. The molecule has 1 aromatic heterocycles. The van der Waals surface area contributed by atoms with Gasteiger partial charge >= 0.3 is 5.97 Å². The second-order valence-corrected chi connectivity index (χ2v) is 4.18. The van der Waals surface area contributed by atoms with Crippen molar-refractivity contribution in [2.75, 3.05) is 18.5 Å². The summed E-state index contributed by atoms with van der Waals surface area (Å²) in [5.74, 6) is -0.0538. The normalized spacial score (nSPS) is 24.3. The Kier molecular flexibility index (Phi) is 3.53. The Balaban J connectivity index is 2.00. The summed E-state index contributed by atoms with van der Waals surface area (Å²) in [6.07, 6.45) is 3.63. The van der Waals surface area contributed by atoms with E-state index < -0.39 is 5.97 Å². The minimum atomic E-state index is -1.07. The first-order valence-electron chi connectivity index (χ1n) is 5.56. The van der Waals surface area contributed by atoms with Crippen molar-refractivity contribution < 1.29 is 14.6 Å². The summed E-state index contributed by atoms with van der Waals surface area (Å²) in [6.45, 7) is 3.58. The Morgan fingerprint density at radius 2 is 2.35 bits per heavy atom. The standard InChI is InChI=1S/C11H15N3O3/c1-7-6-17-3-2-8(7)14-10-5-12-9(4-13-10)11(15)16/h4-5,7-8H,2-3,6H2,1H3,(H,13,14)(H,15,16). The lowest BCUT2D eigenvalue weighted by molar-refractivity contribution is 0.0537. The Hall–Kier alpha value is -1.69. The summed E-state index contributed by atoms with van der Waals surface area (Å²) in [5.41, 5.74) is -0.0458. The van der Waals surface area contributed by atoms with Crippen LogP contribution in [0, 0.1) is 5.92 Å². The molecule has 17 heavy (non-hydrogen) atoms. The van der Waals surface area contributed by atoms with Crippen LogP contribution in [0.25, 0.3) is 0 Å². The Morgan fingerprint density at radius 1 is 1.53 bits per heavy atom. The fraction of sp³-hybridized carbons (Fsp3) is 0.545. The minimum Gasteiger partial charge on any atom is -0.476 e. The topological polar surface area (TPSA) is 84.3 Å². The largest absolute Gasteiger partial charge is 0.476 e. The highest BCUT2D eigenvalue weighted by Gasteiger charge is 2.22. The van der Waals surface area contributed by atoms with E-state index in [1.54, 1.807) is 0 Å². The zero-order valence-corrected chi connectivity index (χ0v) is 9.59. The third-order valence-electron chi connectivity index (χ3n) is 2.85. The van der Waals surface area contributed by atoms with E-state index in [4.69, 9.17) is 9.84 Å². The maximum atomic E-state index is 10.6. The zero-order chi connectivity index (χ0) is 12.3. The quantitative estimate of drug-likeness (QED) is 0.816. The van der Waals surface area contributed by atoms with Crippen molar-refractivity contribution in [1.29, 1.82) is 0 Å². The van der Waals surface area contributed by atoms with E-state index in [0.717, 1.165) is 19.6 Å². The third-order valence-corrected chi connectivity index (χ3v) is 2.85. The van der Waals surface area contributed by atoms with Crippen LogP contribution in [0.4, 0.5) is 5.82 Å². The van der Waals surface area contributed by atoms with E-state index in [0.29, 0.717) is 17.8 Å². The number of aromatic nitrogens is 2. The van der Waals surface area contributed by atoms with Crippen molar-refractivity contribution in [2.24, 2.45) is 5.92 Å². The van der Waals surface area contributed by atoms with Gasteiger partial charge in [0.25, 0.3) is 0 Å². The van der Waals surface area contributed by atoms with Crippen LogP contribution in [-0.4, -0.2) is 40.3 Å². The summed E-state index contributed by atoms with van der Waals surface area (Å²) in [6, 6.07) is 0.300. The summed E-state index contributed by atoms with van der Waals surface area (Å²) in [7, 11) is 0. The van der Waals surface area contributed by atoms with Gasteiger partial charge in [-0.15, -0.1) is 0 Å². The molecule has 2 rings (SSSR count). The summed E-state index contributed by atoms with van der Waals surface area (Å²) in [5, 5.41) is 11.9. The number of carboxylic acids is 1. The molecule has 0 spiro atoms. The molecule has 0 aliphatic carbocycles. The number of aromatic carboxylic acids is 1. The second-order valence-electron chi connectivity index (χ2n) is 4.18. The van der Waals surface area contributed by atoms with Crippen LogP contribution in [0.5, 0.6) is 0 Å². The van der Waals surface area contributed by atoms with Crippen LogP contribution in [0.3, 0.4) is 0 Å². The molecule has 6 heteroatoms. The number of rotatable bonds is 3. The predicted octanol–water partition coefficient (Wildman–Crippen LogP) is 1.01. The molecular formula is C11H15N3O3. The van der Waals surface area contributed by atoms with Crippen LogP contribution < -0.4 is 5.32 Å². The van der Waals surface area contributed by atoms with E-state index in [9.17, 15) is 4.79 Å². The number of hydrogen-bond donors (Lipinski definition) is 2. The molecule has 0 aromatic carbocycles. The molecule has 2 heterocycles. The molecule has 1 saturated heterocycles. The fourth-order valence-corrected chi connectivity index (χ4v) is 1.80. The zero-order valence-electron chi connectivity index (χ0n) is 9.59. The van der Waals surface area contributed by atoms with Gasteiger partial charge in [-0.05, 0) is 12.3 Å². The van der Waals surface area contributed by atoms with Crippen molar-refractivity contribution in [3.05, 3.63) is 18.1 Å². The maximum absolute atomic E-state index is 10.6. The molecular weight excluding hydrogens is 222 g/mol. The molecule has 0 radical (unpaired) electrons. The van der Waals surface area contributed by atoms with Gasteiger partial charge in [-0.25, -0.2) is 14.8 Å². The van der Waals surface area contributed by atoms with Gasteiger partial charge in [0.2, 0.25) is 0 Å². The Bertz CT molecular complexity index is 393. The molecule has 2 N–H and O–H groups in total. The van der Waals surface area contributed by atoms with Crippen LogP contribution in [-0.2, 0) is 4.74 Å². The van der Waals surface area contributed by atoms with E-state index in [1.807, 2.05) is 0 Å². The van der Waals surface area contributed by atoms with Gasteiger partial charge in [0.1, 0.15) is 5.82 Å². The molecule has 1 aliphatic rings. The highest BCUT2D eigenvalue weighted by Crippen LogP contribution is 2.17. The van der Waals surface area contributed by atoms with Crippen LogP contribution in [0.1, 0.15) is 23.8 Å². The van der Waals surface area contributed by atoms with E-state index in [1.165, 1.54) is 12.4 Å². The van der Waals surface area contributed by atoms with Crippen molar-refractivity contribution in [1.82, 2.24) is 9.97 Å². The first-order chi connectivity index (χ1) is 8.16. The van der Waals surface area contributed by atoms with E-state index in [2.05, 4.69) is 22.2 Å². The monoisotopic (exact) mass is 237 g/mol. The number of carboxylic acid groups (broad SMARTS) is 1. The molecule has 92 valence electrons. The average Bonchev–Trinajstić information content (AvgIpc) is 2.33. The van der Waals surface area contributed by atoms with E-state index in [-0.39, 0.29) is 5.69 Å². The first kappa shape index (κ1) is 11.8. The third kappa shape index (κ3) is 2.91. The highest BCUT2D eigenvalue weighted by molar-refractivity contribution is 5.84. The summed E-state index contributed by atoms with van der Waals surface area (Å²) in [4.78, 5) is 18.5. The van der Waals surface area contributed by atoms with E-state index >= 15 is 0 Å². The molecule has 2 atom stereocenters. The smallest absolute Gasteiger partial charge is 0.356 e. The molecule has 1 aromatic rings. The Labute approximate surface area is 99.0 Å². The van der Waals surface area contributed by atoms with Crippen molar-refractivity contribution in [3.63, 3.8) is 0 Å². The average molecular weight is 237 g/mol. The Morgan fingerprint density at radius 3 is 2.94 bits per heavy atom. The van der Waals surface area contributed by atoms with Crippen LogP contribution >= 0.6 is 0 Å². The second kappa shape index (κ2) is 5.09. The van der Waals surface area contributed by atoms with Gasteiger partial charge in [-0.3, -0.25) is 0 Å². The van der Waals surface area contributed by atoms with Gasteiger partial charge in [0, 0.05) is 12.6 Å². The van der Waals surface area contributed by atoms with Crippen molar-refractivity contribution >= 4 is 11.8 Å². The number of carbonyl (C=O) groups is 1. The molecule has 0 bridgehead atoms. The van der Waals surface area contributed by atoms with Crippen molar-refractivity contribution in [3.8, 4) is 0 Å². The van der Waals surface area contributed by atoms with Crippen molar-refractivity contribution in [2.45, 2.75) is 19.4 Å². The SMILES string of the molecule is CC1COCCC1Nc1cnc(C(=O)O)cn1. The predicted molar refractivity (Wildman–Crippen MR) is 61.0 cm³/mol. The number of nitrogens with zero attached hydrogens (tertiary/aromatic N) is 2. The number of nitrogens with one attached hydrogen (secondary N) is 1. The van der Waals surface area contributed by atoms with Gasteiger partial charge in [0.05, 0.1) is 19.0 Å². The van der Waals surface area contributed by atoms with Gasteiger partial charge in [-0.1, -0.05) is 6.92 Å². The summed E-state index contributed by atoms with van der Waals surface area (Å²) < 4.78 is 5.35. The number of ether oxygens (including phenoxy) is 1. The molecule has 6 nitrogen and oxygen atoms in total. The minimum absolute atomic E-state index is 0.0458. The van der Waals surface area contributed by atoms with Crippen LogP contribution in [0.2, 0.25) is 0 Å². The molecule has 0 amide bonds. The number of anilines is 1. The lowest BCUT2D eigenvalue weighted by Gasteiger charge is -2.29. The van der Waals surface area contributed by atoms with Gasteiger partial charge < -0.3 is 15.2 Å². The molecule has 0 saturated carbocycles. The van der Waals surface area contributed by atoms with Crippen LogP contribution in [0.15, 0.2) is 12.4 Å².